The fourth-order valence-electron chi connectivity index (χ4n) is 2.70. The highest BCUT2D eigenvalue weighted by atomic mass is 35.5. The SMILES string of the molecule is O=C(NC(=S)Nc1ccc(N2CCCC2)cc1)c1cccc(Cl)c1. The molecule has 0 bridgehead atoms. The fraction of sp³-hybridized carbons (Fsp3) is 0.222. The van der Waals surface area contributed by atoms with E-state index in [1.165, 1.54) is 18.5 Å². The van der Waals surface area contributed by atoms with Gasteiger partial charge in [0.15, 0.2) is 5.11 Å². The van der Waals surface area contributed by atoms with Gasteiger partial charge in [0.2, 0.25) is 0 Å². The van der Waals surface area contributed by atoms with Crippen LogP contribution in [0, 0.1) is 0 Å². The monoisotopic (exact) mass is 359 g/mol. The van der Waals surface area contributed by atoms with Crippen LogP contribution in [0.4, 0.5) is 11.4 Å². The fourth-order valence-corrected chi connectivity index (χ4v) is 3.10. The Labute approximate surface area is 151 Å². The molecule has 0 spiro atoms. The quantitative estimate of drug-likeness (QED) is 0.811. The van der Waals surface area contributed by atoms with Gasteiger partial charge in [0, 0.05) is 35.1 Å². The second kappa shape index (κ2) is 7.64. The standard InChI is InChI=1S/C18H18ClN3OS/c19-14-5-3-4-13(12-14)17(23)21-18(24)20-15-6-8-16(9-7-15)22-10-1-2-11-22/h3-9,12H,1-2,10-11H2,(H2,20,21,23,24). The summed E-state index contributed by atoms with van der Waals surface area (Å²) in [5.74, 6) is -0.288. The molecule has 1 fully saturated rings. The largest absolute Gasteiger partial charge is 0.372 e. The van der Waals surface area contributed by atoms with Crippen molar-refractivity contribution in [3.8, 4) is 0 Å². The minimum absolute atomic E-state index is 0.258. The van der Waals surface area contributed by atoms with Gasteiger partial charge in [-0.15, -0.1) is 0 Å². The zero-order valence-electron chi connectivity index (χ0n) is 13.1. The van der Waals surface area contributed by atoms with Gasteiger partial charge in [0.1, 0.15) is 0 Å². The summed E-state index contributed by atoms with van der Waals surface area (Å²) in [7, 11) is 0. The van der Waals surface area contributed by atoms with Gasteiger partial charge in [-0.2, -0.15) is 0 Å². The average molecular weight is 360 g/mol. The second-order valence-electron chi connectivity index (χ2n) is 5.66. The smallest absolute Gasteiger partial charge is 0.257 e. The normalized spacial score (nSPS) is 13.6. The average Bonchev–Trinajstić information content (AvgIpc) is 3.10. The van der Waals surface area contributed by atoms with Gasteiger partial charge < -0.3 is 10.2 Å². The molecule has 2 N–H and O–H groups in total. The highest BCUT2D eigenvalue weighted by molar-refractivity contribution is 7.80. The van der Waals surface area contributed by atoms with Crippen LogP contribution in [0.2, 0.25) is 5.02 Å². The van der Waals surface area contributed by atoms with Crippen molar-refractivity contribution in [1.82, 2.24) is 5.32 Å². The van der Waals surface area contributed by atoms with Gasteiger partial charge in [-0.3, -0.25) is 10.1 Å². The number of halogens is 1. The van der Waals surface area contributed by atoms with Crippen LogP contribution in [-0.2, 0) is 0 Å². The Balaban J connectivity index is 1.57. The number of hydrogen-bond donors (Lipinski definition) is 2. The molecule has 0 aromatic heterocycles. The van der Waals surface area contributed by atoms with Crippen molar-refractivity contribution in [3.63, 3.8) is 0 Å². The molecule has 2 aromatic rings. The highest BCUT2D eigenvalue weighted by Gasteiger charge is 2.12. The molecule has 0 radical (unpaired) electrons. The van der Waals surface area contributed by atoms with Crippen molar-refractivity contribution in [2.24, 2.45) is 0 Å². The third-order valence-electron chi connectivity index (χ3n) is 3.91. The lowest BCUT2D eigenvalue weighted by atomic mass is 10.2. The van der Waals surface area contributed by atoms with Gasteiger partial charge in [-0.25, -0.2) is 0 Å². The third-order valence-corrected chi connectivity index (χ3v) is 4.35. The Morgan fingerprint density at radius 1 is 1.08 bits per heavy atom. The molecule has 2 aromatic carbocycles. The molecule has 0 unspecified atom stereocenters. The Kier molecular flexibility index (Phi) is 5.33. The number of rotatable bonds is 3. The summed E-state index contributed by atoms with van der Waals surface area (Å²) in [5.41, 5.74) is 2.53. The van der Waals surface area contributed by atoms with Crippen molar-refractivity contribution < 1.29 is 4.79 Å². The topological polar surface area (TPSA) is 44.4 Å². The van der Waals surface area contributed by atoms with Crippen LogP contribution < -0.4 is 15.5 Å². The van der Waals surface area contributed by atoms with Gasteiger partial charge in [0.05, 0.1) is 0 Å². The van der Waals surface area contributed by atoms with Gasteiger partial charge in [-0.1, -0.05) is 17.7 Å². The van der Waals surface area contributed by atoms with Crippen molar-refractivity contribution in [2.75, 3.05) is 23.3 Å². The van der Waals surface area contributed by atoms with Crippen molar-refractivity contribution in [1.29, 1.82) is 0 Å². The summed E-state index contributed by atoms with van der Waals surface area (Å²) in [6.07, 6.45) is 2.50. The minimum Gasteiger partial charge on any atom is -0.372 e. The molecule has 6 heteroatoms. The Hall–Kier alpha value is -2.11. The van der Waals surface area contributed by atoms with Crippen molar-refractivity contribution in [2.45, 2.75) is 12.8 Å². The number of carbonyl (C=O) groups is 1. The number of nitrogens with zero attached hydrogens (tertiary/aromatic N) is 1. The zero-order chi connectivity index (χ0) is 16.9. The van der Waals surface area contributed by atoms with E-state index >= 15 is 0 Å². The third kappa shape index (κ3) is 4.24. The van der Waals surface area contributed by atoms with Crippen LogP contribution in [0.3, 0.4) is 0 Å². The van der Waals surface area contributed by atoms with Gasteiger partial charge in [0.25, 0.3) is 5.91 Å². The van der Waals surface area contributed by atoms with E-state index in [1.807, 2.05) is 12.1 Å². The van der Waals surface area contributed by atoms with Crippen LogP contribution in [0.25, 0.3) is 0 Å². The number of nitrogens with one attached hydrogen (secondary N) is 2. The van der Waals surface area contributed by atoms with Crippen LogP contribution in [0.15, 0.2) is 48.5 Å². The molecule has 1 aliphatic heterocycles. The first-order valence-electron chi connectivity index (χ1n) is 7.85. The number of amides is 1. The molecule has 3 rings (SSSR count). The first-order valence-corrected chi connectivity index (χ1v) is 8.63. The summed E-state index contributed by atoms with van der Waals surface area (Å²) in [5, 5.41) is 6.45. The Morgan fingerprint density at radius 3 is 2.46 bits per heavy atom. The van der Waals surface area contributed by atoms with E-state index in [1.54, 1.807) is 24.3 Å². The van der Waals surface area contributed by atoms with E-state index in [2.05, 4.69) is 27.7 Å². The van der Waals surface area contributed by atoms with Crippen LogP contribution in [0.5, 0.6) is 0 Å². The maximum atomic E-state index is 12.1. The first-order chi connectivity index (χ1) is 11.6. The van der Waals surface area contributed by atoms with Crippen LogP contribution >= 0.6 is 23.8 Å². The summed E-state index contributed by atoms with van der Waals surface area (Å²) < 4.78 is 0. The summed E-state index contributed by atoms with van der Waals surface area (Å²) in [6.45, 7) is 2.22. The molecule has 4 nitrogen and oxygen atoms in total. The van der Waals surface area contributed by atoms with E-state index in [4.69, 9.17) is 23.8 Å². The highest BCUT2D eigenvalue weighted by Crippen LogP contribution is 2.22. The van der Waals surface area contributed by atoms with Crippen molar-refractivity contribution >= 4 is 46.2 Å². The van der Waals surface area contributed by atoms with Crippen LogP contribution in [-0.4, -0.2) is 24.1 Å². The minimum atomic E-state index is -0.288. The zero-order valence-corrected chi connectivity index (χ0v) is 14.7. The number of benzene rings is 2. The number of hydrogen-bond acceptors (Lipinski definition) is 3. The second-order valence-corrected chi connectivity index (χ2v) is 6.50. The predicted molar refractivity (Wildman–Crippen MR) is 103 cm³/mol. The van der Waals surface area contributed by atoms with Gasteiger partial charge in [-0.05, 0) is 67.5 Å². The summed E-state index contributed by atoms with van der Waals surface area (Å²) >= 11 is 11.1. The number of carbonyl (C=O) groups excluding carboxylic acids is 1. The lowest BCUT2D eigenvalue weighted by Crippen LogP contribution is -2.34. The molecule has 1 aliphatic rings. The molecular weight excluding hydrogens is 342 g/mol. The Morgan fingerprint density at radius 2 is 1.79 bits per heavy atom. The predicted octanol–water partition coefficient (Wildman–Crippen LogP) is 4.07. The number of thiocarbonyl (C=S) groups is 1. The lowest BCUT2D eigenvalue weighted by molar-refractivity contribution is 0.0977. The molecule has 1 saturated heterocycles. The maximum Gasteiger partial charge on any atom is 0.257 e. The Bertz CT molecular complexity index is 742. The molecule has 0 saturated carbocycles. The van der Waals surface area contributed by atoms with Gasteiger partial charge >= 0.3 is 0 Å². The van der Waals surface area contributed by atoms with E-state index in [9.17, 15) is 4.79 Å². The molecule has 1 heterocycles. The summed E-state index contributed by atoms with van der Waals surface area (Å²) in [4.78, 5) is 14.5. The van der Waals surface area contributed by atoms with Crippen molar-refractivity contribution in [3.05, 3.63) is 59.1 Å². The molecule has 1 amide bonds. The molecular formula is C18H18ClN3OS. The molecule has 0 atom stereocenters. The molecule has 0 aliphatic carbocycles. The van der Waals surface area contributed by atoms with E-state index in [-0.39, 0.29) is 11.0 Å². The first kappa shape index (κ1) is 16.7. The van der Waals surface area contributed by atoms with E-state index < -0.39 is 0 Å². The lowest BCUT2D eigenvalue weighted by Gasteiger charge is -2.18. The molecule has 124 valence electrons. The van der Waals surface area contributed by atoms with Crippen LogP contribution in [0.1, 0.15) is 23.2 Å². The van der Waals surface area contributed by atoms with E-state index in [0.717, 1.165) is 18.8 Å². The maximum absolute atomic E-state index is 12.1. The van der Waals surface area contributed by atoms with E-state index in [0.29, 0.717) is 10.6 Å². The molecule has 24 heavy (non-hydrogen) atoms. The summed E-state index contributed by atoms with van der Waals surface area (Å²) in [6, 6.07) is 14.8. The number of anilines is 2.